The van der Waals surface area contributed by atoms with E-state index in [9.17, 15) is 18.4 Å². The molecule has 5 aromatic rings. The highest BCUT2D eigenvalue weighted by atomic mass is 19.3. The summed E-state index contributed by atoms with van der Waals surface area (Å²) in [6.07, 6.45) is 10.2. The molecule has 0 atom stereocenters. The van der Waals surface area contributed by atoms with Crippen LogP contribution in [0.15, 0.2) is 59.9 Å². The van der Waals surface area contributed by atoms with Crippen LogP contribution in [-0.2, 0) is 27.6 Å². The maximum Gasteiger partial charge on any atom is 0.338 e. The minimum absolute atomic E-state index is 0.0134. The second-order valence-electron chi connectivity index (χ2n) is 14.5. The van der Waals surface area contributed by atoms with Crippen molar-refractivity contribution in [3.63, 3.8) is 0 Å². The second kappa shape index (κ2) is 13.9. The molecule has 0 saturated carbocycles. The zero-order valence-electron chi connectivity index (χ0n) is 30.2. The Morgan fingerprint density at radius 1 is 0.943 bits per heavy atom. The number of rotatable bonds is 8. The van der Waals surface area contributed by atoms with Crippen molar-refractivity contribution in [1.29, 1.82) is 0 Å². The first-order valence-electron chi connectivity index (χ1n) is 18.2. The van der Waals surface area contributed by atoms with Gasteiger partial charge in [-0.05, 0) is 79.0 Å². The molecule has 1 N–H and O–H groups in total. The van der Waals surface area contributed by atoms with Crippen molar-refractivity contribution in [2.24, 2.45) is 27.1 Å². The van der Waals surface area contributed by atoms with Gasteiger partial charge in [0.15, 0.2) is 0 Å². The topological polar surface area (TPSA) is 118 Å². The zero-order valence-corrected chi connectivity index (χ0v) is 30.2. The number of piperidine rings is 1. The van der Waals surface area contributed by atoms with Crippen molar-refractivity contribution < 1.29 is 18.7 Å². The molecule has 0 radical (unpaired) electrons. The number of carboxylic acid groups (broad SMARTS) is 1. The number of halogens is 2. The van der Waals surface area contributed by atoms with Gasteiger partial charge in [-0.2, -0.15) is 5.10 Å². The van der Waals surface area contributed by atoms with Crippen LogP contribution in [-0.4, -0.2) is 84.1 Å². The highest BCUT2D eigenvalue weighted by Crippen LogP contribution is 2.43. The summed E-state index contributed by atoms with van der Waals surface area (Å²) in [5.41, 5.74) is 7.73. The Hall–Kier alpha value is -5.37. The summed E-state index contributed by atoms with van der Waals surface area (Å²) in [7, 11) is 5.38. The van der Waals surface area contributed by atoms with E-state index in [2.05, 4.69) is 41.9 Å². The van der Waals surface area contributed by atoms with Crippen LogP contribution in [0.25, 0.3) is 27.7 Å². The summed E-state index contributed by atoms with van der Waals surface area (Å²) in [6, 6.07) is 7.74. The molecule has 1 saturated heterocycles. The van der Waals surface area contributed by atoms with Crippen molar-refractivity contribution in [1.82, 2.24) is 33.8 Å². The number of nitrogens with zero attached hydrogens (tertiary/aromatic N) is 9. The molecule has 6 heterocycles. The number of carboxylic acids is 1. The van der Waals surface area contributed by atoms with Gasteiger partial charge in [-0.15, -0.1) is 0 Å². The minimum Gasteiger partial charge on any atom is -0.478 e. The Morgan fingerprint density at radius 2 is 1.72 bits per heavy atom. The molecule has 14 heteroatoms. The SMILES string of the molecule is Cn1cc(-c2cc3c(cc2C(F)F)N(c2cc(C4=CCN(CC5CCN(c6ncc(C(=O)O)cn6)CC5)CC4)c4c(c2)n(C)c(=O)n4C)CCC3)cn1. The van der Waals surface area contributed by atoms with Crippen molar-refractivity contribution in [3.8, 4) is 11.1 Å². The molecule has 2 aromatic carbocycles. The van der Waals surface area contributed by atoms with Crippen molar-refractivity contribution >= 4 is 39.9 Å². The molecular weight excluding hydrogens is 680 g/mol. The summed E-state index contributed by atoms with van der Waals surface area (Å²) in [6.45, 7) is 4.99. The lowest BCUT2D eigenvalue weighted by molar-refractivity contribution is 0.0696. The van der Waals surface area contributed by atoms with Gasteiger partial charge < -0.3 is 14.9 Å². The Balaban J connectivity index is 1.05. The molecule has 0 aliphatic carbocycles. The first kappa shape index (κ1) is 34.7. The number of imidazole rings is 1. The van der Waals surface area contributed by atoms with Crippen molar-refractivity contribution in [2.75, 3.05) is 49.1 Å². The van der Waals surface area contributed by atoms with E-state index in [1.807, 2.05) is 19.2 Å². The van der Waals surface area contributed by atoms with Gasteiger partial charge in [0.25, 0.3) is 6.43 Å². The van der Waals surface area contributed by atoms with Gasteiger partial charge in [-0.3, -0.25) is 18.7 Å². The molecule has 0 spiro atoms. The van der Waals surface area contributed by atoms with E-state index in [0.29, 0.717) is 29.5 Å². The van der Waals surface area contributed by atoms with Crippen LogP contribution in [0, 0.1) is 5.92 Å². The maximum absolute atomic E-state index is 14.6. The van der Waals surface area contributed by atoms with E-state index >= 15 is 0 Å². The van der Waals surface area contributed by atoms with E-state index in [0.717, 1.165) is 98.4 Å². The number of aromatic nitrogens is 6. The average molecular weight is 724 g/mol. The molecule has 3 aliphatic heterocycles. The summed E-state index contributed by atoms with van der Waals surface area (Å²) < 4.78 is 34.3. The number of aromatic carboxylic acids is 1. The second-order valence-corrected chi connectivity index (χ2v) is 14.5. The molecule has 3 aromatic heterocycles. The number of benzene rings is 2. The van der Waals surface area contributed by atoms with Crippen molar-refractivity contribution in [2.45, 2.75) is 38.5 Å². The van der Waals surface area contributed by atoms with Crippen LogP contribution >= 0.6 is 0 Å². The molecule has 1 fully saturated rings. The van der Waals surface area contributed by atoms with Crippen LogP contribution in [0.1, 0.15) is 59.2 Å². The van der Waals surface area contributed by atoms with Gasteiger partial charge in [0.1, 0.15) is 0 Å². The summed E-state index contributed by atoms with van der Waals surface area (Å²) in [5, 5.41) is 13.4. The largest absolute Gasteiger partial charge is 0.478 e. The third-order valence-electron chi connectivity index (χ3n) is 11.2. The normalized spacial score (nSPS) is 17.1. The standard InChI is InChI=1S/C39H43F2N9O3/c1-45-23-28(21-44-45)30-15-26-5-4-10-50(33(26)18-32(30)36(40)41)29-16-31(35-34(17-29)46(2)39(53)47(35)3)25-8-11-48(12-9-25)22-24-6-13-49(14-7-24)38-42-19-27(20-43-38)37(51)52/h8,15-21,23-24,36H,4-7,9-14,22H2,1-3H3,(H,51,52). The van der Waals surface area contributed by atoms with E-state index in [1.165, 1.54) is 18.0 Å². The Kier molecular flexibility index (Phi) is 9.09. The molecule has 8 rings (SSSR count). The Labute approximate surface area is 305 Å². The minimum atomic E-state index is -2.65. The fourth-order valence-corrected chi connectivity index (χ4v) is 8.34. The lowest BCUT2D eigenvalue weighted by Gasteiger charge is -2.36. The summed E-state index contributed by atoms with van der Waals surface area (Å²) >= 11 is 0. The number of alkyl halides is 2. The number of fused-ring (bicyclic) bond motifs is 2. The van der Waals surface area contributed by atoms with Gasteiger partial charge in [0.05, 0.1) is 22.8 Å². The van der Waals surface area contributed by atoms with Crippen LogP contribution in [0.5, 0.6) is 0 Å². The molecule has 3 aliphatic rings. The average Bonchev–Trinajstić information content (AvgIpc) is 3.70. The first-order valence-corrected chi connectivity index (χ1v) is 18.2. The number of carbonyl (C=O) groups is 1. The smallest absolute Gasteiger partial charge is 0.338 e. The fourth-order valence-electron chi connectivity index (χ4n) is 8.34. The maximum atomic E-state index is 14.6. The van der Waals surface area contributed by atoms with Crippen LogP contribution in [0.2, 0.25) is 0 Å². The molecule has 0 bridgehead atoms. The molecular formula is C39H43F2N9O3. The first-order chi connectivity index (χ1) is 25.5. The molecule has 12 nitrogen and oxygen atoms in total. The van der Waals surface area contributed by atoms with E-state index in [4.69, 9.17) is 5.11 Å². The highest BCUT2D eigenvalue weighted by molar-refractivity contribution is 5.94. The number of anilines is 3. The van der Waals surface area contributed by atoms with Crippen LogP contribution in [0.3, 0.4) is 0 Å². The van der Waals surface area contributed by atoms with Crippen molar-refractivity contribution in [3.05, 3.63) is 87.9 Å². The number of hydrogen-bond acceptors (Lipinski definition) is 8. The Morgan fingerprint density at radius 3 is 2.38 bits per heavy atom. The molecule has 0 amide bonds. The molecule has 276 valence electrons. The van der Waals surface area contributed by atoms with Crippen LogP contribution in [0.4, 0.5) is 26.1 Å². The van der Waals surface area contributed by atoms with Gasteiger partial charge in [0.2, 0.25) is 5.95 Å². The predicted molar refractivity (Wildman–Crippen MR) is 200 cm³/mol. The van der Waals surface area contributed by atoms with Gasteiger partial charge >= 0.3 is 11.7 Å². The predicted octanol–water partition coefficient (Wildman–Crippen LogP) is 5.79. The van der Waals surface area contributed by atoms with Crippen LogP contribution < -0.4 is 15.5 Å². The lowest BCUT2D eigenvalue weighted by Crippen LogP contribution is -2.40. The quantitative estimate of drug-likeness (QED) is 0.212. The van der Waals surface area contributed by atoms with Gasteiger partial charge in [-0.1, -0.05) is 6.08 Å². The highest BCUT2D eigenvalue weighted by Gasteiger charge is 2.28. The van der Waals surface area contributed by atoms with E-state index in [1.54, 1.807) is 46.4 Å². The lowest BCUT2D eigenvalue weighted by atomic mass is 9.92. The Bertz CT molecular complexity index is 2280. The van der Waals surface area contributed by atoms with Gasteiger partial charge in [0, 0.05) is 107 Å². The summed E-state index contributed by atoms with van der Waals surface area (Å²) in [4.78, 5) is 39.7. The fraction of sp³-hybridized carbons (Fsp3) is 0.410. The summed E-state index contributed by atoms with van der Waals surface area (Å²) in [5.74, 6) is 0.0637. The third kappa shape index (κ3) is 6.49. The third-order valence-corrected chi connectivity index (χ3v) is 11.2. The number of aryl methyl sites for hydroxylation is 4. The van der Waals surface area contributed by atoms with E-state index < -0.39 is 12.4 Å². The monoisotopic (exact) mass is 723 g/mol. The molecule has 0 unspecified atom stereocenters. The van der Waals surface area contributed by atoms with Gasteiger partial charge in [-0.25, -0.2) is 28.3 Å². The molecule has 53 heavy (non-hydrogen) atoms. The zero-order chi connectivity index (χ0) is 37.0. The van der Waals surface area contributed by atoms with E-state index in [-0.39, 0.29) is 16.8 Å². The number of hydrogen-bond donors (Lipinski definition) is 1.